The van der Waals surface area contributed by atoms with Gasteiger partial charge in [-0.2, -0.15) is 5.10 Å². The summed E-state index contributed by atoms with van der Waals surface area (Å²) in [6.07, 6.45) is 0.156. The van der Waals surface area contributed by atoms with E-state index >= 15 is 0 Å². The Balaban J connectivity index is 1.88. The highest BCUT2D eigenvalue weighted by atomic mass is 35.5. The van der Waals surface area contributed by atoms with Gasteiger partial charge in [-0.15, -0.1) is 0 Å². The van der Waals surface area contributed by atoms with Gasteiger partial charge in [0.2, 0.25) is 5.88 Å². The molecule has 0 aliphatic heterocycles. The van der Waals surface area contributed by atoms with Crippen LogP contribution in [0, 0.1) is 6.92 Å². The molecule has 0 bridgehead atoms. The predicted octanol–water partition coefficient (Wildman–Crippen LogP) is 5.91. The van der Waals surface area contributed by atoms with Gasteiger partial charge in [0.05, 0.1) is 29.7 Å². The number of benzene rings is 2. The van der Waals surface area contributed by atoms with E-state index in [2.05, 4.69) is 5.10 Å². The van der Waals surface area contributed by atoms with Crippen LogP contribution in [0.4, 0.5) is 0 Å². The summed E-state index contributed by atoms with van der Waals surface area (Å²) in [5, 5.41) is 5.33. The van der Waals surface area contributed by atoms with Crippen molar-refractivity contribution >= 4 is 29.3 Å². The molecule has 0 amide bonds. The molecule has 1 aromatic heterocycles. The van der Waals surface area contributed by atoms with Crippen LogP contribution in [-0.4, -0.2) is 22.9 Å². The fourth-order valence-electron chi connectivity index (χ4n) is 2.83. The van der Waals surface area contributed by atoms with Crippen LogP contribution in [-0.2, 0) is 16.8 Å². The van der Waals surface area contributed by atoms with Crippen molar-refractivity contribution in [2.24, 2.45) is 0 Å². The zero-order chi connectivity index (χ0) is 21.9. The predicted molar refractivity (Wildman–Crippen MR) is 120 cm³/mol. The Bertz CT molecular complexity index is 1020. The second-order valence-corrected chi connectivity index (χ2v) is 9.38. The monoisotopic (exact) mass is 444 g/mol. The number of aromatic nitrogens is 2. The van der Waals surface area contributed by atoms with Gasteiger partial charge in [0.25, 0.3) is 0 Å². The Morgan fingerprint density at radius 2 is 1.73 bits per heavy atom. The lowest BCUT2D eigenvalue weighted by Gasteiger charge is -2.22. The SMILES string of the molecule is COc1ccc(CC(=O)Oc2c(Sc3ccc(Cl)cc3)c(C)nn2C(C)(C)C)cc1. The van der Waals surface area contributed by atoms with Crippen molar-refractivity contribution in [3.05, 3.63) is 64.8 Å². The number of carbonyl (C=O) groups excluding carboxylic acids is 1. The third kappa shape index (κ3) is 5.37. The summed E-state index contributed by atoms with van der Waals surface area (Å²) in [6.45, 7) is 7.99. The molecule has 0 fully saturated rings. The zero-order valence-electron chi connectivity index (χ0n) is 17.7. The van der Waals surface area contributed by atoms with E-state index in [9.17, 15) is 4.79 Å². The fourth-order valence-corrected chi connectivity index (χ4v) is 3.87. The van der Waals surface area contributed by atoms with Crippen LogP contribution in [0.15, 0.2) is 58.3 Å². The third-order valence-corrected chi connectivity index (χ3v) is 5.79. The lowest BCUT2D eigenvalue weighted by Crippen LogP contribution is -2.26. The van der Waals surface area contributed by atoms with Gasteiger partial charge in [-0.3, -0.25) is 4.79 Å². The molecule has 30 heavy (non-hydrogen) atoms. The van der Waals surface area contributed by atoms with Crippen LogP contribution in [0.25, 0.3) is 0 Å². The Hall–Kier alpha value is -2.44. The third-order valence-electron chi connectivity index (χ3n) is 4.35. The second-order valence-electron chi connectivity index (χ2n) is 7.86. The zero-order valence-corrected chi connectivity index (χ0v) is 19.3. The number of nitrogens with zero attached hydrogens (tertiary/aromatic N) is 2. The van der Waals surface area contributed by atoms with Gasteiger partial charge in [0.15, 0.2) is 0 Å². The van der Waals surface area contributed by atoms with Crippen LogP contribution < -0.4 is 9.47 Å². The van der Waals surface area contributed by atoms with Crippen LogP contribution in [0.2, 0.25) is 5.02 Å². The van der Waals surface area contributed by atoms with E-state index in [1.165, 1.54) is 11.8 Å². The standard InChI is InChI=1S/C23H25ClN2O3S/c1-15-21(30-19-12-8-17(24)9-13-19)22(26(25-15)23(2,3)4)29-20(27)14-16-6-10-18(28-5)11-7-16/h6-13H,14H2,1-5H3. The van der Waals surface area contributed by atoms with Crippen molar-refractivity contribution in [1.29, 1.82) is 0 Å². The summed E-state index contributed by atoms with van der Waals surface area (Å²) in [7, 11) is 1.61. The minimum absolute atomic E-state index is 0.156. The summed E-state index contributed by atoms with van der Waals surface area (Å²) < 4.78 is 12.8. The maximum atomic E-state index is 12.8. The van der Waals surface area contributed by atoms with Crippen molar-refractivity contribution < 1.29 is 14.3 Å². The van der Waals surface area contributed by atoms with Crippen molar-refractivity contribution in [2.75, 3.05) is 7.11 Å². The molecular formula is C23H25ClN2O3S. The second kappa shape index (κ2) is 9.14. The molecule has 0 spiro atoms. The number of carbonyl (C=O) groups is 1. The number of hydrogen-bond acceptors (Lipinski definition) is 5. The highest BCUT2D eigenvalue weighted by Crippen LogP contribution is 2.40. The van der Waals surface area contributed by atoms with Crippen LogP contribution >= 0.6 is 23.4 Å². The van der Waals surface area contributed by atoms with Gasteiger partial charge >= 0.3 is 5.97 Å². The molecule has 2 aromatic carbocycles. The lowest BCUT2D eigenvalue weighted by atomic mass is 10.1. The molecule has 0 atom stereocenters. The number of hydrogen-bond donors (Lipinski definition) is 0. The molecule has 3 aromatic rings. The summed E-state index contributed by atoms with van der Waals surface area (Å²) in [4.78, 5) is 14.6. The molecule has 5 nitrogen and oxygen atoms in total. The maximum Gasteiger partial charge on any atom is 0.317 e. The average Bonchev–Trinajstić information content (AvgIpc) is 3.00. The molecule has 0 aliphatic carbocycles. The van der Waals surface area contributed by atoms with Gasteiger partial charge in [-0.05, 0) is 69.7 Å². The Kier molecular flexibility index (Phi) is 6.78. The minimum Gasteiger partial charge on any atom is -0.497 e. The largest absolute Gasteiger partial charge is 0.497 e. The molecule has 0 aliphatic rings. The van der Waals surface area contributed by atoms with E-state index in [1.807, 2.05) is 76.2 Å². The van der Waals surface area contributed by atoms with Crippen molar-refractivity contribution in [1.82, 2.24) is 9.78 Å². The van der Waals surface area contributed by atoms with Gasteiger partial charge in [-0.25, -0.2) is 4.68 Å². The Labute approximate surface area is 186 Å². The van der Waals surface area contributed by atoms with Crippen LogP contribution in [0.5, 0.6) is 11.6 Å². The van der Waals surface area contributed by atoms with Crippen molar-refractivity contribution in [3.63, 3.8) is 0 Å². The quantitative estimate of drug-likeness (QED) is 0.442. The Morgan fingerprint density at radius 1 is 1.10 bits per heavy atom. The van der Waals surface area contributed by atoms with Gasteiger partial charge in [0, 0.05) is 9.92 Å². The smallest absolute Gasteiger partial charge is 0.317 e. The van der Waals surface area contributed by atoms with E-state index in [0.717, 1.165) is 26.8 Å². The van der Waals surface area contributed by atoms with Crippen LogP contribution in [0.3, 0.4) is 0 Å². The lowest BCUT2D eigenvalue weighted by molar-refractivity contribution is -0.134. The first kappa shape index (κ1) is 22.2. The summed E-state index contributed by atoms with van der Waals surface area (Å²) in [6, 6.07) is 14.9. The molecule has 0 radical (unpaired) electrons. The number of aryl methyl sites for hydroxylation is 1. The van der Waals surface area contributed by atoms with Crippen molar-refractivity contribution in [3.8, 4) is 11.6 Å². The molecule has 7 heteroatoms. The summed E-state index contributed by atoms with van der Waals surface area (Å²) in [5.41, 5.74) is 1.31. The first-order valence-electron chi connectivity index (χ1n) is 9.54. The first-order chi connectivity index (χ1) is 14.2. The van der Waals surface area contributed by atoms with E-state index in [4.69, 9.17) is 21.1 Å². The molecule has 3 rings (SSSR count). The van der Waals surface area contributed by atoms with Crippen LogP contribution in [0.1, 0.15) is 32.0 Å². The van der Waals surface area contributed by atoms with E-state index < -0.39 is 0 Å². The number of halogens is 1. The maximum absolute atomic E-state index is 12.8. The molecule has 0 N–H and O–H groups in total. The van der Waals surface area contributed by atoms with Crippen molar-refractivity contribution in [2.45, 2.75) is 49.4 Å². The summed E-state index contributed by atoms with van der Waals surface area (Å²) >= 11 is 7.51. The molecule has 0 unspecified atom stereocenters. The van der Waals surface area contributed by atoms with E-state index in [1.54, 1.807) is 11.8 Å². The fraction of sp³-hybridized carbons (Fsp3) is 0.304. The number of esters is 1. The van der Waals surface area contributed by atoms with E-state index in [-0.39, 0.29) is 17.9 Å². The highest BCUT2D eigenvalue weighted by Gasteiger charge is 2.27. The highest BCUT2D eigenvalue weighted by molar-refractivity contribution is 7.99. The normalized spacial score (nSPS) is 11.4. The molecule has 1 heterocycles. The van der Waals surface area contributed by atoms with E-state index in [0.29, 0.717) is 10.9 Å². The Morgan fingerprint density at radius 3 is 2.30 bits per heavy atom. The molecular weight excluding hydrogens is 420 g/mol. The molecule has 158 valence electrons. The first-order valence-corrected chi connectivity index (χ1v) is 10.7. The van der Waals surface area contributed by atoms with Gasteiger partial charge in [-0.1, -0.05) is 35.5 Å². The number of methoxy groups -OCH3 is 1. The topological polar surface area (TPSA) is 53.4 Å². The minimum atomic E-state index is -0.348. The summed E-state index contributed by atoms with van der Waals surface area (Å²) in [5.74, 6) is 0.859. The van der Waals surface area contributed by atoms with Gasteiger partial charge in [0.1, 0.15) is 5.75 Å². The van der Waals surface area contributed by atoms with Gasteiger partial charge < -0.3 is 9.47 Å². The molecule has 0 saturated carbocycles. The molecule has 0 saturated heterocycles. The average molecular weight is 445 g/mol. The number of ether oxygens (including phenoxy) is 2. The number of rotatable bonds is 6.